The molecule has 0 aromatic heterocycles. The molecule has 1 rings (SSSR count). The maximum Gasteiger partial charge on any atom is 0.0419 e. The largest absolute Gasteiger partial charge is 0.130 e. The molecule has 0 bridgehead atoms. The van der Waals surface area contributed by atoms with E-state index in [4.69, 9.17) is 11.6 Å². The van der Waals surface area contributed by atoms with E-state index in [0.717, 1.165) is 11.4 Å². The fraction of sp³-hybridized carbons (Fsp3) is 0.333. The molecule has 0 spiro atoms. The lowest BCUT2D eigenvalue weighted by Gasteiger charge is -2.01. The second-order valence-corrected chi connectivity index (χ2v) is 3.67. The van der Waals surface area contributed by atoms with Gasteiger partial charge in [0.15, 0.2) is 0 Å². The number of hydrogen-bond donors (Lipinski definition) is 0. The van der Waals surface area contributed by atoms with Crippen LogP contribution < -0.4 is 0 Å². The highest BCUT2D eigenvalue weighted by atomic mass is 35.5. The Balaban J connectivity index is 3.02. The lowest BCUT2D eigenvalue weighted by atomic mass is 10.2. The van der Waals surface area contributed by atoms with E-state index in [0.29, 0.717) is 0 Å². The van der Waals surface area contributed by atoms with Crippen LogP contribution in [0.15, 0.2) is 23.1 Å². The van der Waals surface area contributed by atoms with Crippen LogP contribution in [0.4, 0.5) is 0 Å². The van der Waals surface area contributed by atoms with Crippen LogP contribution in [0.2, 0.25) is 5.02 Å². The van der Waals surface area contributed by atoms with Gasteiger partial charge in [-0.3, -0.25) is 0 Å². The van der Waals surface area contributed by atoms with Gasteiger partial charge in [-0.05, 0) is 36.4 Å². The van der Waals surface area contributed by atoms with Gasteiger partial charge in [-0.25, -0.2) is 0 Å². The summed E-state index contributed by atoms with van der Waals surface area (Å²) in [5.41, 5.74) is 1.31. The van der Waals surface area contributed by atoms with Gasteiger partial charge in [-0.15, -0.1) is 11.8 Å². The Morgan fingerprint density at radius 1 is 1.36 bits per heavy atom. The third-order valence-corrected chi connectivity index (χ3v) is 2.50. The van der Waals surface area contributed by atoms with Crippen molar-refractivity contribution in [3.8, 4) is 0 Å². The lowest BCUT2D eigenvalue weighted by molar-refractivity contribution is 1.12. The predicted molar refractivity (Wildman–Crippen MR) is 52.6 cm³/mol. The minimum absolute atomic E-state index is 0.841. The van der Waals surface area contributed by atoms with Crippen LogP contribution in [0.3, 0.4) is 0 Å². The Labute approximate surface area is 77.0 Å². The van der Waals surface area contributed by atoms with E-state index in [1.54, 1.807) is 11.8 Å². The summed E-state index contributed by atoms with van der Waals surface area (Å²) in [6.07, 6.45) is 3.11. The van der Waals surface area contributed by atoms with Crippen LogP contribution in [0.25, 0.3) is 0 Å². The predicted octanol–water partition coefficient (Wildman–Crippen LogP) is 3.62. The van der Waals surface area contributed by atoms with Crippen molar-refractivity contribution >= 4 is 23.4 Å². The molecule has 2 heteroatoms. The molecule has 0 saturated heterocycles. The Kier molecular flexibility index (Phi) is 3.28. The highest BCUT2D eigenvalue weighted by molar-refractivity contribution is 7.98. The van der Waals surface area contributed by atoms with Crippen LogP contribution in [0, 0.1) is 0 Å². The average Bonchev–Trinajstić information content (AvgIpc) is 2.03. The standard InChI is InChI=1S/C9H11ClS/c1-3-7-4-8(10)6-9(5-7)11-2/h4-6H,3H2,1-2H3. The first-order valence-electron chi connectivity index (χ1n) is 3.59. The highest BCUT2D eigenvalue weighted by Crippen LogP contribution is 2.22. The summed E-state index contributed by atoms with van der Waals surface area (Å²) < 4.78 is 0. The van der Waals surface area contributed by atoms with E-state index in [1.165, 1.54) is 10.5 Å². The summed E-state index contributed by atoms with van der Waals surface area (Å²) in [5, 5.41) is 0.841. The van der Waals surface area contributed by atoms with E-state index < -0.39 is 0 Å². The van der Waals surface area contributed by atoms with Gasteiger partial charge in [0, 0.05) is 9.92 Å². The first kappa shape index (κ1) is 8.95. The third kappa shape index (κ3) is 2.42. The zero-order chi connectivity index (χ0) is 8.27. The number of benzene rings is 1. The smallest absolute Gasteiger partial charge is 0.0419 e. The number of hydrogen-bond acceptors (Lipinski definition) is 1. The number of thioether (sulfide) groups is 1. The van der Waals surface area contributed by atoms with Crippen LogP contribution >= 0.6 is 23.4 Å². The van der Waals surface area contributed by atoms with Crippen molar-refractivity contribution in [1.29, 1.82) is 0 Å². The molecule has 0 heterocycles. The molecule has 1 aromatic carbocycles. The van der Waals surface area contributed by atoms with Gasteiger partial charge >= 0.3 is 0 Å². The monoisotopic (exact) mass is 186 g/mol. The Bertz CT molecular complexity index is 223. The Hall–Kier alpha value is -0.140. The van der Waals surface area contributed by atoms with E-state index in [1.807, 2.05) is 12.1 Å². The summed E-state index contributed by atoms with van der Waals surface area (Å²) in [6, 6.07) is 6.18. The molecule has 0 unspecified atom stereocenters. The van der Waals surface area contributed by atoms with Crippen molar-refractivity contribution in [3.05, 3.63) is 28.8 Å². The maximum absolute atomic E-state index is 5.89. The van der Waals surface area contributed by atoms with Crippen LogP contribution in [0.1, 0.15) is 12.5 Å². The van der Waals surface area contributed by atoms with Crippen LogP contribution in [-0.2, 0) is 6.42 Å². The Morgan fingerprint density at radius 3 is 2.64 bits per heavy atom. The molecule has 0 amide bonds. The molecule has 60 valence electrons. The first-order chi connectivity index (χ1) is 5.26. The van der Waals surface area contributed by atoms with Gasteiger partial charge in [-0.2, -0.15) is 0 Å². The fourth-order valence-electron chi connectivity index (χ4n) is 0.943. The van der Waals surface area contributed by atoms with E-state index in [9.17, 15) is 0 Å². The molecular weight excluding hydrogens is 176 g/mol. The average molecular weight is 187 g/mol. The van der Waals surface area contributed by atoms with Gasteiger partial charge in [0.2, 0.25) is 0 Å². The maximum atomic E-state index is 5.89. The van der Waals surface area contributed by atoms with Gasteiger partial charge in [0.25, 0.3) is 0 Å². The second-order valence-electron chi connectivity index (χ2n) is 2.35. The summed E-state index contributed by atoms with van der Waals surface area (Å²) in [5.74, 6) is 0. The molecule has 0 saturated carbocycles. The second kappa shape index (κ2) is 4.03. The summed E-state index contributed by atoms with van der Waals surface area (Å²) in [4.78, 5) is 1.24. The molecule has 0 radical (unpaired) electrons. The zero-order valence-electron chi connectivity index (χ0n) is 6.73. The van der Waals surface area contributed by atoms with Crippen molar-refractivity contribution in [2.24, 2.45) is 0 Å². The van der Waals surface area contributed by atoms with Crippen molar-refractivity contribution in [2.45, 2.75) is 18.2 Å². The molecule has 0 aliphatic carbocycles. The lowest BCUT2D eigenvalue weighted by Crippen LogP contribution is -1.80. The highest BCUT2D eigenvalue weighted by Gasteiger charge is 1.95. The van der Waals surface area contributed by atoms with E-state index in [2.05, 4.69) is 19.2 Å². The van der Waals surface area contributed by atoms with E-state index in [-0.39, 0.29) is 0 Å². The Morgan fingerprint density at radius 2 is 2.09 bits per heavy atom. The summed E-state index contributed by atoms with van der Waals surface area (Å²) in [6.45, 7) is 2.13. The van der Waals surface area contributed by atoms with Gasteiger partial charge in [-0.1, -0.05) is 18.5 Å². The van der Waals surface area contributed by atoms with Crippen molar-refractivity contribution in [3.63, 3.8) is 0 Å². The van der Waals surface area contributed by atoms with Gasteiger partial charge in [0.1, 0.15) is 0 Å². The van der Waals surface area contributed by atoms with E-state index >= 15 is 0 Å². The summed E-state index contributed by atoms with van der Waals surface area (Å²) >= 11 is 7.62. The molecule has 1 aromatic rings. The minimum atomic E-state index is 0.841. The van der Waals surface area contributed by atoms with Gasteiger partial charge < -0.3 is 0 Å². The van der Waals surface area contributed by atoms with Gasteiger partial charge in [0.05, 0.1) is 0 Å². The normalized spacial score (nSPS) is 10.1. The van der Waals surface area contributed by atoms with Crippen molar-refractivity contribution < 1.29 is 0 Å². The quantitative estimate of drug-likeness (QED) is 0.636. The fourth-order valence-corrected chi connectivity index (χ4v) is 1.78. The molecule has 11 heavy (non-hydrogen) atoms. The minimum Gasteiger partial charge on any atom is -0.130 e. The molecule has 0 atom stereocenters. The van der Waals surface area contributed by atoms with Crippen molar-refractivity contribution in [2.75, 3.05) is 6.26 Å². The number of aryl methyl sites for hydroxylation is 1. The number of halogens is 1. The van der Waals surface area contributed by atoms with Crippen LogP contribution in [0.5, 0.6) is 0 Å². The zero-order valence-corrected chi connectivity index (χ0v) is 8.30. The SMILES string of the molecule is CCc1cc(Cl)cc(SC)c1. The topological polar surface area (TPSA) is 0 Å². The number of rotatable bonds is 2. The van der Waals surface area contributed by atoms with Crippen molar-refractivity contribution in [1.82, 2.24) is 0 Å². The third-order valence-electron chi connectivity index (χ3n) is 1.58. The molecule has 0 aliphatic rings. The molecule has 0 N–H and O–H groups in total. The molecule has 0 fully saturated rings. The summed E-state index contributed by atoms with van der Waals surface area (Å²) in [7, 11) is 0. The first-order valence-corrected chi connectivity index (χ1v) is 5.20. The van der Waals surface area contributed by atoms with Crippen LogP contribution in [-0.4, -0.2) is 6.26 Å². The molecule has 0 nitrogen and oxygen atoms in total. The molecular formula is C9H11ClS. The molecule has 0 aliphatic heterocycles.